The van der Waals surface area contributed by atoms with Crippen LogP contribution in [-0.2, 0) is 0 Å². The summed E-state index contributed by atoms with van der Waals surface area (Å²) in [5, 5.41) is 0. The number of aryl methyl sites for hydroxylation is 1. The molecule has 0 atom stereocenters. The third-order valence-electron chi connectivity index (χ3n) is 5.01. The Morgan fingerprint density at radius 2 is 1.87 bits per heavy atom. The minimum atomic E-state index is -0.265. The Balaban J connectivity index is 1.74. The quantitative estimate of drug-likeness (QED) is 0.275. The van der Waals surface area contributed by atoms with Crippen molar-refractivity contribution in [2.75, 3.05) is 24.9 Å². The van der Waals surface area contributed by atoms with Crippen molar-refractivity contribution >= 4 is 34.6 Å². The fourth-order valence-corrected chi connectivity index (χ4v) is 3.53. The monoisotopic (exact) mass is 440 g/mol. The van der Waals surface area contributed by atoms with E-state index in [4.69, 9.17) is 0 Å². The molecule has 162 valence electrons. The summed E-state index contributed by atoms with van der Waals surface area (Å²) in [6.07, 6.45) is 0.729. The van der Waals surface area contributed by atoms with Crippen LogP contribution in [0.5, 0.6) is 0 Å². The van der Waals surface area contributed by atoms with E-state index < -0.39 is 0 Å². The second-order valence-corrected chi connectivity index (χ2v) is 8.24. The number of aliphatic imine (C=N–C) groups is 2. The van der Waals surface area contributed by atoms with E-state index in [2.05, 4.69) is 28.4 Å². The van der Waals surface area contributed by atoms with Crippen molar-refractivity contribution in [3.63, 3.8) is 0 Å². The molecular weight excluding hydrogens is 414 g/mol. The Hall–Kier alpha value is -2.93. The van der Waals surface area contributed by atoms with Crippen LogP contribution in [0.2, 0.25) is 0 Å². The lowest BCUT2D eigenvalue weighted by Gasteiger charge is -2.20. The van der Waals surface area contributed by atoms with E-state index in [1.807, 2.05) is 24.5 Å². The lowest BCUT2D eigenvalue weighted by Crippen LogP contribution is -2.18. The molecule has 0 heterocycles. The van der Waals surface area contributed by atoms with Gasteiger partial charge in [-0.1, -0.05) is 12.6 Å². The molecule has 2 aromatic rings. The van der Waals surface area contributed by atoms with Gasteiger partial charge < -0.3 is 9.21 Å². The Bertz CT molecular complexity index is 1060. The zero-order chi connectivity index (χ0) is 22.5. The van der Waals surface area contributed by atoms with E-state index in [-0.39, 0.29) is 11.6 Å². The van der Waals surface area contributed by atoms with Gasteiger partial charge in [-0.2, -0.15) is 0 Å². The van der Waals surface area contributed by atoms with E-state index in [1.54, 1.807) is 30.7 Å². The molecule has 7 heteroatoms. The van der Waals surface area contributed by atoms with Crippen molar-refractivity contribution in [2.24, 2.45) is 9.98 Å². The highest BCUT2D eigenvalue weighted by atomic mass is 32.2. The van der Waals surface area contributed by atoms with Crippen LogP contribution in [0.15, 0.2) is 76.0 Å². The van der Waals surface area contributed by atoms with Gasteiger partial charge in [-0.25, -0.2) is 13.8 Å². The van der Waals surface area contributed by atoms with Crippen molar-refractivity contribution < 1.29 is 8.78 Å². The highest BCUT2D eigenvalue weighted by Gasteiger charge is 2.30. The van der Waals surface area contributed by atoms with E-state index in [0.717, 1.165) is 35.6 Å². The van der Waals surface area contributed by atoms with Crippen molar-refractivity contribution in [3.05, 3.63) is 83.2 Å². The molecule has 0 aromatic heterocycles. The summed E-state index contributed by atoms with van der Waals surface area (Å²) in [5.74, 6) is -0.520. The summed E-state index contributed by atoms with van der Waals surface area (Å²) in [7, 11) is 3.87. The minimum Gasteiger partial charge on any atom is -0.373 e. The summed E-state index contributed by atoms with van der Waals surface area (Å²) in [5.41, 5.74) is 7.37. The van der Waals surface area contributed by atoms with Crippen molar-refractivity contribution in [1.29, 1.82) is 0 Å². The van der Waals surface area contributed by atoms with Crippen LogP contribution in [0.4, 0.5) is 20.2 Å². The SMILES string of the molecule is C=C(N=CSN(C)c1ccc(F)cc1)/C(=C1\CC1=Nc1ccc(C)c(F)c1)N(C)CC. The van der Waals surface area contributed by atoms with Crippen molar-refractivity contribution in [1.82, 2.24) is 4.90 Å². The van der Waals surface area contributed by atoms with Crippen LogP contribution < -0.4 is 4.31 Å². The molecule has 1 saturated carbocycles. The molecule has 0 amide bonds. The summed E-state index contributed by atoms with van der Waals surface area (Å²) in [6.45, 7) is 8.73. The Morgan fingerprint density at radius 3 is 2.52 bits per heavy atom. The van der Waals surface area contributed by atoms with Crippen molar-refractivity contribution in [3.8, 4) is 0 Å². The van der Waals surface area contributed by atoms with Crippen LogP contribution in [0.1, 0.15) is 18.9 Å². The second kappa shape index (κ2) is 9.92. The fourth-order valence-electron chi connectivity index (χ4n) is 2.97. The predicted molar refractivity (Wildman–Crippen MR) is 128 cm³/mol. The normalized spacial score (nSPS) is 16.0. The lowest BCUT2D eigenvalue weighted by atomic mass is 10.2. The molecule has 2 aromatic carbocycles. The number of hydrogen-bond acceptors (Lipinski definition) is 5. The third-order valence-corrected chi connectivity index (χ3v) is 5.73. The van der Waals surface area contributed by atoms with E-state index in [1.165, 1.54) is 30.1 Å². The molecular formula is C24H26F2N4S. The van der Waals surface area contributed by atoms with E-state index in [0.29, 0.717) is 16.9 Å². The predicted octanol–water partition coefficient (Wildman–Crippen LogP) is 6.28. The number of nitrogens with zero attached hydrogens (tertiary/aromatic N) is 4. The fraction of sp³-hybridized carbons (Fsp3) is 0.250. The highest BCUT2D eigenvalue weighted by molar-refractivity contribution is 8.13. The molecule has 1 fully saturated rings. The molecule has 0 aliphatic heterocycles. The van der Waals surface area contributed by atoms with Gasteiger partial charge in [0.25, 0.3) is 0 Å². The highest BCUT2D eigenvalue weighted by Crippen LogP contribution is 2.36. The Kier molecular flexibility index (Phi) is 7.28. The van der Waals surface area contributed by atoms with E-state index >= 15 is 0 Å². The summed E-state index contributed by atoms with van der Waals surface area (Å²) < 4.78 is 28.8. The van der Waals surface area contributed by atoms with Gasteiger partial charge in [-0.05, 0) is 67.8 Å². The van der Waals surface area contributed by atoms with Gasteiger partial charge in [0.1, 0.15) is 11.6 Å². The van der Waals surface area contributed by atoms with Gasteiger partial charge in [-0.3, -0.25) is 4.99 Å². The first kappa shape index (κ1) is 22.7. The lowest BCUT2D eigenvalue weighted by molar-refractivity contribution is 0.448. The molecule has 0 radical (unpaired) electrons. The molecule has 3 rings (SSSR count). The largest absolute Gasteiger partial charge is 0.373 e. The molecule has 4 nitrogen and oxygen atoms in total. The first-order chi connectivity index (χ1) is 14.8. The van der Waals surface area contributed by atoms with Gasteiger partial charge in [0.05, 0.1) is 28.3 Å². The number of benzene rings is 2. The maximum absolute atomic E-state index is 13.8. The van der Waals surface area contributed by atoms with Gasteiger partial charge in [0.2, 0.25) is 0 Å². The van der Waals surface area contributed by atoms with Crippen LogP contribution >= 0.6 is 11.9 Å². The topological polar surface area (TPSA) is 31.2 Å². The maximum Gasteiger partial charge on any atom is 0.128 e. The summed E-state index contributed by atoms with van der Waals surface area (Å²) >= 11 is 1.38. The van der Waals surface area contributed by atoms with Gasteiger partial charge >= 0.3 is 0 Å². The smallest absolute Gasteiger partial charge is 0.128 e. The summed E-state index contributed by atoms with van der Waals surface area (Å²) in [6, 6.07) is 11.3. The van der Waals surface area contributed by atoms with Crippen LogP contribution in [-0.4, -0.2) is 36.8 Å². The number of rotatable bonds is 8. The van der Waals surface area contributed by atoms with Crippen LogP contribution in [0.3, 0.4) is 0 Å². The maximum atomic E-state index is 13.8. The minimum absolute atomic E-state index is 0.254. The molecule has 1 aliphatic rings. The molecule has 31 heavy (non-hydrogen) atoms. The number of likely N-dealkylation sites (N-methyl/N-ethyl adjacent to an activating group) is 1. The van der Waals surface area contributed by atoms with Crippen LogP contribution in [0.25, 0.3) is 0 Å². The summed E-state index contributed by atoms with van der Waals surface area (Å²) in [4.78, 5) is 11.2. The van der Waals surface area contributed by atoms with Crippen LogP contribution in [0, 0.1) is 18.6 Å². The standard InChI is InChI=1S/C24H26F2N4S/c1-6-29(4)24(21-14-23(21)28-19-10-7-16(2)22(26)13-19)17(3)27-15-31-30(5)20-11-8-18(25)9-12-20/h7-13,15H,3,6,14H2,1-2,4-5H3/b24-21-,27-15?,28-23?. The molecule has 0 spiro atoms. The molecule has 1 aliphatic carbocycles. The average Bonchev–Trinajstić information content (AvgIpc) is 3.49. The Morgan fingerprint density at radius 1 is 1.16 bits per heavy atom. The second-order valence-electron chi connectivity index (χ2n) is 7.27. The zero-order valence-corrected chi connectivity index (χ0v) is 19.0. The third kappa shape index (κ3) is 5.82. The number of halogens is 2. The average molecular weight is 441 g/mol. The van der Waals surface area contributed by atoms with Gasteiger partial charge in [0.15, 0.2) is 0 Å². The molecule has 0 bridgehead atoms. The number of anilines is 1. The molecule has 0 N–H and O–H groups in total. The Labute approximate surface area is 186 Å². The van der Waals surface area contributed by atoms with Gasteiger partial charge in [0, 0.05) is 38.3 Å². The first-order valence-corrected chi connectivity index (χ1v) is 10.8. The number of allylic oxidation sites excluding steroid dienone is 1. The molecule has 0 saturated heterocycles. The first-order valence-electron chi connectivity index (χ1n) is 9.96. The zero-order valence-electron chi connectivity index (χ0n) is 18.2. The number of hydrogen-bond donors (Lipinski definition) is 0. The van der Waals surface area contributed by atoms with Gasteiger partial charge in [-0.15, -0.1) is 0 Å². The molecule has 0 unspecified atom stereocenters. The van der Waals surface area contributed by atoms with E-state index in [9.17, 15) is 8.78 Å². The van der Waals surface area contributed by atoms with Crippen molar-refractivity contribution in [2.45, 2.75) is 20.3 Å².